The lowest BCUT2D eigenvalue weighted by Gasteiger charge is -2.40. The maximum absolute atomic E-state index is 10.4. The van der Waals surface area contributed by atoms with Gasteiger partial charge in [0.15, 0.2) is 6.29 Å². The van der Waals surface area contributed by atoms with Crippen LogP contribution in [-0.2, 0) is 13.8 Å². The normalized spacial score (nSPS) is 44.0. The lowest BCUT2D eigenvalue weighted by atomic mass is 10.00. The van der Waals surface area contributed by atoms with Gasteiger partial charge in [-0.1, -0.05) is 0 Å². The molecule has 0 aliphatic carbocycles. The minimum atomic E-state index is -5.16. The van der Waals surface area contributed by atoms with Gasteiger partial charge in [-0.05, 0) is 0 Å². The van der Waals surface area contributed by atoms with Gasteiger partial charge in [-0.3, -0.25) is 9.09 Å². The highest BCUT2D eigenvalue weighted by Crippen LogP contribution is 2.36. The molecule has 0 saturated carbocycles. The summed E-state index contributed by atoms with van der Waals surface area (Å²) in [6, 6.07) is 0. The van der Waals surface area contributed by atoms with Crippen molar-refractivity contribution in [3.8, 4) is 0 Å². The molecule has 10 heteroatoms. The number of rotatable bonds is 3. The van der Waals surface area contributed by atoms with Crippen LogP contribution in [0.3, 0.4) is 0 Å². The number of ether oxygens (including phenoxy) is 1. The van der Waals surface area contributed by atoms with Crippen LogP contribution in [0.25, 0.3) is 0 Å². The van der Waals surface area contributed by atoms with Crippen molar-refractivity contribution in [2.45, 2.75) is 30.7 Å². The van der Waals surface area contributed by atoms with Crippen molar-refractivity contribution in [2.24, 2.45) is 0 Å². The zero-order chi connectivity index (χ0) is 12.5. The first-order chi connectivity index (χ1) is 7.26. The molecule has 0 spiro atoms. The van der Waals surface area contributed by atoms with Crippen LogP contribution in [0.1, 0.15) is 0 Å². The fourth-order valence-electron chi connectivity index (χ4n) is 1.29. The first-order valence-electron chi connectivity index (χ1n) is 4.29. The van der Waals surface area contributed by atoms with Crippen LogP contribution in [0.4, 0.5) is 0 Å². The van der Waals surface area contributed by atoms with E-state index < -0.39 is 45.1 Å². The Balaban J connectivity index is 2.75. The fourth-order valence-corrected chi connectivity index (χ4v) is 1.72. The van der Waals surface area contributed by atoms with Gasteiger partial charge in [-0.2, -0.15) is 0 Å². The van der Waals surface area contributed by atoms with Gasteiger partial charge in [0, 0.05) is 0 Å². The van der Waals surface area contributed by atoms with Gasteiger partial charge in [0.05, 0.1) is 6.61 Å². The summed E-state index contributed by atoms with van der Waals surface area (Å²) >= 11 is 0. The summed E-state index contributed by atoms with van der Waals surface area (Å²) in [5.74, 6) is 0. The molecule has 0 bridgehead atoms. The molecule has 1 aliphatic rings. The molecule has 96 valence electrons. The second-order valence-electron chi connectivity index (χ2n) is 3.27. The third-order valence-corrected chi connectivity index (χ3v) is 2.56. The van der Waals surface area contributed by atoms with E-state index in [4.69, 9.17) is 10.00 Å². The van der Waals surface area contributed by atoms with Crippen LogP contribution >= 0.6 is 7.82 Å². The number of hydrogen-bond donors (Lipinski definition) is 5. The van der Waals surface area contributed by atoms with Crippen molar-refractivity contribution in [1.82, 2.24) is 0 Å². The minimum Gasteiger partial charge on any atom is -0.756 e. The largest absolute Gasteiger partial charge is 0.756 e. The fraction of sp³-hybridized carbons (Fsp3) is 1.00. The Morgan fingerprint density at radius 2 is 1.81 bits per heavy atom. The van der Waals surface area contributed by atoms with Crippen molar-refractivity contribution >= 4 is 7.82 Å². The first kappa shape index (κ1) is 14.0. The van der Waals surface area contributed by atoms with Crippen molar-refractivity contribution in [2.75, 3.05) is 6.61 Å². The molecule has 0 radical (unpaired) electrons. The average molecular weight is 259 g/mol. The topological polar surface area (TPSA) is 160 Å². The van der Waals surface area contributed by atoms with E-state index >= 15 is 0 Å². The highest BCUT2D eigenvalue weighted by atomic mass is 31.2. The molecule has 5 N–H and O–H groups in total. The van der Waals surface area contributed by atoms with E-state index in [0.29, 0.717) is 0 Å². The molecule has 1 unspecified atom stereocenters. The number of phosphoric acid groups is 1. The Morgan fingerprint density at radius 3 is 2.25 bits per heavy atom. The minimum absolute atomic E-state index is 0.723. The second kappa shape index (κ2) is 5.05. The maximum Gasteiger partial charge on any atom is 0.267 e. The van der Waals surface area contributed by atoms with E-state index in [9.17, 15) is 24.8 Å². The highest BCUT2D eigenvalue weighted by Gasteiger charge is 2.45. The van der Waals surface area contributed by atoms with E-state index in [1.165, 1.54) is 0 Å². The van der Waals surface area contributed by atoms with Crippen molar-refractivity contribution in [1.29, 1.82) is 0 Å². The van der Waals surface area contributed by atoms with Crippen molar-refractivity contribution in [3.05, 3.63) is 0 Å². The van der Waals surface area contributed by atoms with Gasteiger partial charge >= 0.3 is 0 Å². The molecule has 0 aromatic heterocycles. The lowest BCUT2D eigenvalue weighted by Crippen LogP contribution is -2.59. The van der Waals surface area contributed by atoms with Crippen molar-refractivity contribution in [3.63, 3.8) is 0 Å². The van der Waals surface area contributed by atoms with Crippen LogP contribution in [0, 0.1) is 0 Å². The zero-order valence-electron chi connectivity index (χ0n) is 7.91. The number of aliphatic hydroxyl groups is 4. The van der Waals surface area contributed by atoms with Gasteiger partial charge in [0.25, 0.3) is 7.82 Å². The van der Waals surface area contributed by atoms with E-state index in [1.54, 1.807) is 0 Å². The Kier molecular flexibility index (Phi) is 4.41. The Morgan fingerprint density at radius 1 is 1.25 bits per heavy atom. The summed E-state index contributed by atoms with van der Waals surface area (Å²) < 4.78 is 19.0. The highest BCUT2D eigenvalue weighted by molar-refractivity contribution is 7.44. The molecule has 6 atom stereocenters. The zero-order valence-corrected chi connectivity index (χ0v) is 8.80. The molecular formula is C6H12O9P-. The maximum atomic E-state index is 10.4. The van der Waals surface area contributed by atoms with Gasteiger partial charge in [0.2, 0.25) is 0 Å². The molecule has 1 rings (SSSR count). The van der Waals surface area contributed by atoms with Crippen LogP contribution in [0.15, 0.2) is 0 Å². The summed E-state index contributed by atoms with van der Waals surface area (Å²) in [5.41, 5.74) is 0. The summed E-state index contributed by atoms with van der Waals surface area (Å²) in [5, 5.41) is 36.5. The molecule has 16 heavy (non-hydrogen) atoms. The van der Waals surface area contributed by atoms with E-state index in [2.05, 4.69) is 9.26 Å². The number of phosphoric ester groups is 1. The first-order valence-corrected chi connectivity index (χ1v) is 5.78. The van der Waals surface area contributed by atoms with Gasteiger partial charge in [0.1, 0.15) is 24.4 Å². The molecule has 9 nitrogen and oxygen atoms in total. The second-order valence-corrected chi connectivity index (χ2v) is 4.42. The molecule has 0 aromatic carbocycles. The van der Waals surface area contributed by atoms with E-state index in [0.717, 1.165) is 0 Å². The third kappa shape index (κ3) is 3.20. The Labute approximate surface area is 90.1 Å². The van der Waals surface area contributed by atoms with Gasteiger partial charge in [-0.15, -0.1) is 0 Å². The van der Waals surface area contributed by atoms with Crippen LogP contribution in [-0.4, -0.2) is 62.6 Å². The van der Waals surface area contributed by atoms with Crippen LogP contribution in [0.5, 0.6) is 0 Å². The Bertz CT molecular complexity index is 275. The number of hydrogen-bond acceptors (Lipinski definition) is 8. The Hall–Kier alpha value is -0.0900. The molecule has 0 amide bonds. The molecule has 1 heterocycles. The summed E-state index contributed by atoms with van der Waals surface area (Å²) in [7, 11) is -5.16. The molecule has 0 aromatic rings. The average Bonchev–Trinajstić information content (AvgIpc) is 2.17. The molecule has 1 saturated heterocycles. The quantitative estimate of drug-likeness (QED) is 0.321. The van der Waals surface area contributed by atoms with E-state index in [1.807, 2.05) is 0 Å². The predicted octanol–water partition coefficient (Wildman–Crippen LogP) is -3.74. The standard InChI is InChI=1S/C6H13O9P/c7-1-2-3(8)4(9)5(10)6(14-2)15-16(11,12)13/h2-10H,1H2,(H2,11,12,13)/p-1/t2-,3-,4+,5+,6-/m1/s1. The summed E-state index contributed by atoms with van der Waals surface area (Å²) in [4.78, 5) is 18.8. The molecule has 1 fully saturated rings. The lowest BCUT2D eigenvalue weighted by molar-refractivity contribution is -0.302. The van der Waals surface area contributed by atoms with Crippen LogP contribution in [0.2, 0.25) is 0 Å². The van der Waals surface area contributed by atoms with Gasteiger partial charge < -0.3 is 34.9 Å². The van der Waals surface area contributed by atoms with Crippen LogP contribution < -0.4 is 4.89 Å². The third-order valence-electron chi connectivity index (χ3n) is 2.09. The summed E-state index contributed by atoms with van der Waals surface area (Å²) in [6.07, 6.45) is -8.43. The monoisotopic (exact) mass is 259 g/mol. The van der Waals surface area contributed by atoms with Crippen molar-refractivity contribution < 1.29 is 44.0 Å². The van der Waals surface area contributed by atoms with Gasteiger partial charge in [-0.25, -0.2) is 0 Å². The predicted molar refractivity (Wildman–Crippen MR) is 44.7 cm³/mol. The smallest absolute Gasteiger partial charge is 0.267 e. The number of aliphatic hydroxyl groups excluding tert-OH is 4. The molecular weight excluding hydrogens is 247 g/mol. The molecule has 1 aliphatic heterocycles. The van der Waals surface area contributed by atoms with E-state index in [-0.39, 0.29) is 0 Å². The summed E-state index contributed by atoms with van der Waals surface area (Å²) in [6.45, 7) is -0.723. The SMILES string of the molecule is O=P([O-])(O)O[C@H]1O[C@H](CO)[C@@H](O)[C@H](O)[C@@H]1O.